The summed E-state index contributed by atoms with van der Waals surface area (Å²) in [5.41, 5.74) is 3.49. The molecule has 6 nitrogen and oxygen atoms in total. The van der Waals surface area contributed by atoms with Crippen molar-refractivity contribution in [3.05, 3.63) is 77.9 Å². The van der Waals surface area contributed by atoms with Crippen molar-refractivity contribution in [2.24, 2.45) is 0 Å². The van der Waals surface area contributed by atoms with Gasteiger partial charge in [-0.3, -0.25) is 4.90 Å². The molecular weight excluding hydrogens is 419 g/mol. The molecule has 1 saturated heterocycles. The van der Waals surface area contributed by atoms with Crippen molar-refractivity contribution in [2.75, 3.05) is 33.4 Å². The highest BCUT2D eigenvalue weighted by atomic mass is 19.1. The fraction of sp³-hybridized carbons (Fsp3) is 0.308. The molecule has 1 fully saturated rings. The van der Waals surface area contributed by atoms with Crippen molar-refractivity contribution in [3.63, 3.8) is 0 Å². The molecule has 33 heavy (non-hydrogen) atoms. The highest BCUT2D eigenvalue weighted by molar-refractivity contribution is 5.64. The molecule has 3 heterocycles. The van der Waals surface area contributed by atoms with Crippen LogP contribution >= 0.6 is 0 Å². The third-order valence-corrected chi connectivity index (χ3v) is 6.01. The van der Waals surface area contributed by atoms with Gasteiger partial charge in [0.25, 0.3) is 0 Å². The number of methoxy groups -OCH3 is 1. The summed E-state index contributed by atoms with van der Waals surface area (Å²) in [5, 5.41) is 4.71. The Labute approximate surface area is 192 Å². The van der Waals surface area contributed by atoms with E-state index in [0.29, 0.717) is 13.0 Å². The summed E-state index contributed by atoms with van der Waals surface area (Å²) in [4.78, 5) is 7.12. The largest absolute Gasteiger partial charge is 0.494 e. The van der Waals surface area contributed by atoms with E-state index in [-0.39, 0.29) is 5.75 Å². The van der Waals surface area contributed by atoms with Crippen LogP contribution in [0.1, 0.15) is 24.2 Å². The first-order chi connectivity index (χ1) is 16.2. The third-order valence-electron chi connectivity index (χ3n) is 6.01. The molecule has 0 unspecified atom stereocenters. The number of fused-ring (bicyclic) bond motifs is 1. The molecule has 0 amide bonds. The van der Waals surface area contributed by atoms with Gasteiger partial charge in [-0.1, -0.05) is 18.2 Å². The molecule has 1 aliphatic heterocycles. The highest BCUT2D eigenvalue weighted by Gasteiger charge is 2.13. The summed E-state index contributed by atoms with van der Waals surface area (Å²) in [6, 6.07) is 18.7. The maximum absolute atomic E-state index is 13.8. The van der Waals surface area contributed by atoms with Crippen LogP contribution in [0, 0.1) is 5.82 Å². The van der Waals surface area contributed by atoms with Crippen LogP contribution in [-0.2, 0) is 6.42 Å². The van der Waals surface area contributed by atoms with E-state index in [1.807, 2.05) is 30.3 Å². The zero-order valence-electron chi connectivity index (χ0n) is 18.7. The summed E-state index contributed by atoms with van der Waals surface area (Å²) < 4.78 is 26.7. The van der Waals surface area contributed by atoms with Crippen LogP contribution in [0.4, 0.5) is 4.39 Å². The van der Waals surface area contributed by atoms with Crippen LogP contribution in [0.3, 0.4) is 0 Å². The first-order valence-corrected chi connectivity index (χ1v) is 11.3. The normalized spacial score (nSPS) is 14.1. The lowest BCUT2D eigenvalue weighted by Crippen LogP contribution is -2.25. The average Bonchev–Trinajstić information content (AvgIpc) is 3.50. The van der Waals surface area contributed by atoms with Crippen LogP contribution in [0.2, 0.25) is 0 Å². The Hall–Kier alpha value is -3.45. The predicted molar refractivity (Wildman–Crippen MR) is 125 cm³/mol. The maximum Gasteiger partial charge on any atom is 0.165 e. The highest BCUT2D eigenvalue weighted by Crippen LogP contribution is 2.27. The van der Waals surface area contributed by atoms with Gasteiger partial charge in [0.15, 0.2) is 23.0 Å². The van der Waals surface area contributed by atoms with Crippen molar-refractivity contribution in [2.45, 2.75) is 19.3 Å². The first kappa shape index (κ1) is 21.4. The van der Waals surface area contributed by atoms with Crippen molar-refractivity contribution in [3.8, 4) is 22.8 Å². The average molecular weight is 447 g/mol. The fourth-order valence-electron chi connectivity index (χ4n) is 4.25. The van der Waals surface area contributed by atoms with E-state index in [0.717, 1.165) is 40.6 Å². The Morgan fingerprint density at radius 2 is 1.82 bits per heavy atom. The number of rotatable bonds is 8. The van der Waals surface area contributed by atoms with E-state index in [2.05, 4.69) is 22.0 Å². The second kappa shape index (κ2) is 9.58. The molecule has 170 valence electrons. The standard InChI is InChI=1S/C26H27FN4O2/c1-32-24-18-20(9-12-22(24)27)23-5-4-6-26-28-25(29-31(23)26)17-19-7-10-21(11-8-19)33-16-15-30-13-2-3-14-30/h4-12,18H,2-3,13-17H2,1H3. The minimum absolute atomic E-state index is 0.201. The third kappa shape index (κ3) is 4.83. The van der Waals surface area contributed by atoms with Gasteiger partial charge in [0, 0.05) is 18.5 Å². The molecule has 5 rings (SSSR count). The molecule has 2 aromatic carbocycles. The molecule has 0 radical (unpaired) electrons. The van der Waals surface area contributed by atoms with E-state index in [1.54, 1.807) is 16.6 Å². The van der Waals surface area contributed by atoms with Crippen LogP contribution < -0.4 is 9.47 Å². The second-order valence-corrected chi connectivity index (χ2v) is 8.28. The van der Waals surface area contributed by atoms with Crippen molar-refractivity contribution >= 4 is 5.65 Å². The number of likely N-dealkylation sites (tertiary alicyclic amines) is 1. The van der Waals surface area contributed by atoms with Gasteiger partial charge in [-0.15, -0.1) is 0 Å². The summed E-state index contributed by atoms with van der Waals surface area (Å²) in [6.45, 7) is 4.06. The van der Waals surface area contributed by atoms with Crippen molar-refractivity contribution in [1.29, 1.82) is 0 Å². The van der Waals surface area contributed by atoms with E-state index in [1.165, 1.54) is 39.1 Å². The van der Waals surface area contributed by atoms with Gasteiger partial charge in [-0.05, 0) is 74.0 Å². The molecule has 4 aromatic rings. The molecular formula is C26H27FN4O2. The number of hydrogen-bond acceptors (Lipinski definition) is 5. The van der Waals surface area contributed by atoms with Gasteiger partial charge in [0.1, 0.15) is 12.4 Å². The quantitative estimate of drug-likeness (QED) is 0.396. The fourth-order valence-corrected chi connectivity index (χ4v) is 4.25. The van der Waals surface area contributed by atoms with E-state index in [4.69, 9.17) is 14.6 Å². The molecule has 0 bridgehead atoms. The lowest BCUT2D eigenvalue weighted by molar-refractivity contribution is 0.238. The molecule has 2 aromatic heterocycles. The van der Waals surface area contributed by atoms with Crippen LogP contribution in [0.15, 0.2) is 60.7 Å². The SMILES string of the molecule is COc1cc(-c2cccc3nc(Cc4ccc(OCCN5CCCC5)cc4)nn23)ccc1F. The number of aromatic nitrogens is 3. The lowest BCUT2D eigenvalue weighted by atomic mass is 10.1. The molecule has 0 N–H and O–H groups in total. The Bertz CT molecular complexity index is 1230. The minimum Gasteiger partial charge on any atom is -0.494 e. The lowest BCUT2D eigenvalue weighted by Gasteiger charge is -2.14. The Morgan fingerprint density at radius 1 is 1.00 bits per heavy atom. The molecule has 0 spiro atoms. The maximum atomic E-state index is 13.8. The number of benzene rings is 2. The summed E-state index contributed by atoms with van der Waals surface area (Å²) >= 11 is 0. The first-order valence-electron chi connectivity index (χ1n) is 11.3. The number of nitrogens with zero attached hydrogens (tertiary/aromatic N) is 4. The summed E-state index contributed by atoms with van der Waals surface area (Å²) in [5.74, 6) is 1.41. The van der Waals surface area contributed by atoms with Crippen molar-refractivity contribution < 1.29 is 13.9 Å². The van der Waals surface area contributed by atoms with Crippen LogP contribution in [0.25, 0.3) is 16.9 Å². The number of ether oxygens (including phenoxy) is 2. The smallest absolute Gasteiger partial charge is 0.165 e. The Kier molecular flexibility index (Phi) is 6.21. The van der Waals surface area contributed by atoms with E-state index in [9.17, 15) is 4.39 Å². The topological polar surface area (TPSA) is 51.9 Å². The molecule has 1 aliphatic rings. The Morgan fingerprint density at radius 3 is 2.61 bits per heavy atom. The van der Waals surface area contributed by atoms with E-state index < -0.39 is 5.82 Å². The van der Waals surface area contributed by atoms with Gasteiger partial charge >= 0.3 is 0 Å². The zero-order valence-corrected chi connectivity index (χ0v) is 18.7. The van der Waals surface area contributed by atoms with Gasteiger partial charge in [0.2, 0.25) is 0 Å². The zero-order chi connectivity index (χ0) is 22.6. The van der Waals surface area contributed by atoms with Gasteiger partial charge < -0.3 is 9.47 Å². The second-order valence-electron chi connectivity index (χ2n) is 8.28. The molecule has 0 atom stereocenters. The van der Waals surface area contributed by atoms with Crippen LogP contribution in [-0.4, -0.2) is 52.8 Å². The molecule has 0 aliphatic carbocycles. The monoisotopic (exact) mass is 446 g/mol. The van der Waals surface area contributed by atoms with E-state index >= 15 is 0 Å². The van der Waals surface area contributed by atoms with Gasteiger partial charge in [0.05, 0.1) is 12.8 Å². The number of pyridine rings is 1. The van der Waals surface area contributed by atoms with Gasteiger partial charge in [-0.25, -0.2) is 13.9 Å². The minimum atomic E-state index is -0.392. The molecule has 0 saturated carbocycles. The predicted octanol–water partition coefficient (Wildman–Crippen LogP) is 4.61. The van der Waals surface area contributed by atoms with Crippen molar-refractivity contribution in [1.82, 2.24) is 19.5 Å². The summed E-state index contributed by atoms with van der Waals surface area (Å²) in [7, 11) is 1.46. The van der Waals surface area contributed by atoms with Crippen LogP contribution in [0.5, 0.6) is 11.5 Å². The number of halogens is 1. The van der Waals surface area contributed by atoms with Gasteiger partial charge in [-0.2, -0.15) is 5.10 Å². The number of hydrogen-bond donors (Lipinski definition) is 0. The summed E-state index contributed by atoms with van der Waals surface area (Å²) in [6.07, 6.45) is 3.21. The Balaban J connectivity index is 1.29. The molecule has 7 heteroatoms.